The Morgan fingerprint density at radius 3 is 2.61 bits per heavy atom. The molecule has 0 atom stereocenters. The van der Waals surface area contributed by atoms with Crippen LogP contribution in [0, 0.1) is 5.41 Å². The number of benzene rings is 1. The quantitative estimate of drug-likeness (QED) is 0.662. The van der Waals surface area contributed by atoms with Gasteiger partial charge in [0.2, 0.25) is 0 Å². The summed E-state index contributed by atoms with van der Waals surface area (Å²) in [5, 5.41) is 9.19. The van der Waals surface area contributed by atoms with E-state index in [4.69, 9.17) is 22.7 Å². The van der Waals surface area contributed by atoms with Crippen LogP contribution >= 0.6 is 22.9 Å². The third kappa shape index (κ3) is 2.71. The summed E-state index contributed by atoms with van der Waals surface area (Å²) < 4.78 is 0. The Hall–Kier alpha value is -1.39. The highest BCUT2D eigenvalue weighted by molar-refractivity contribution is 7.17. The summed E-state index contributed by atoms with van der Waals surface area (Å²) >= 11 is 7.33. The molecule has 3 nitrogen and oxygen atoms in total. The molecule has 0 aliphatic carbocycles. The van der Waals surface area contributed by atoms with Crippen LogP contribution in [0.15, 0.2) is 24.3 Å². The molecule has 0 fully saturated rings. The molecule has 0 radical (unpaired) electrons. The molecule has 94 valence electrons. The largest absolute Gasteiger partial charge is 0.383 e. The van der Waals surface area contributed by atoms with E-state index in [9.17, 15) is 0 Å². The van der Waals surface area contributed by atoms with E-state index < -0.39 is 0 Å². The van der Waals surface area contributed by atoms with Crippen LogP contribution < -0.4 is 5.73 Å². The van der Waals surface area contributed by atoms with Gasteiger partial charge in [0.25, 0.3) is 0 Å². The molecule has 0 aliphatic heterocycles. The second kappa shape index (κ2) is 5.50. The van der Waals surface area contributed by atoms with Crippen LogP contribution in [0.1, 0.15) is 23.9 Å². The molecule has 1 aromatic heterocycles. The molecule has 1 heterocycles. The number of hydrogen-bond donors (Lipinski definition) is 2. The normalized spacial score (nSPS) is 10.6. The Balaban J connectivity index is 2.42. The second-order valence-electron chi connectivity index (χ2n) is 3.97. The lowest BCUT2D eigenvalue weighted by atomic mass is 10.2. The van der Waals surface area contributed by atoms with E-state index in [1.54, 1.807) is 0 Å². The van der Waals surface area contributed by atoms with Crippen molar-refractivity contribution in [1.82, 2.24) is 4.98 Å². The van der Waals surface area contributed by atoms with Gasteiger partial charge >= 0.3 is 0 Å². The average Bonchev–Trinajstić information content (AvgIpc) is 2.75. The van der Waals surface area contributed by atoms with Gasteiger partial charge in [-0.25, -0.2) is 4.98 Å². The number of hydrogen-bond acceptors (Lipinski definition) is 3. The number of nitrogens with one attached hydrogen (secondary N) is 1. The van der Waals surface area contributed by atoms with Gasteiger partial charge in [-0.05, 0) is 18.6 Å². The van der Waals surface area contributed by atoms with Crippen molar-refractivity contribution >= 4 is 28.8 Å². The molecule has 1 aromatic carbocycles. The van der Waals surface area contributed by atoms with E-state index >= 15 is 0 Å². The van der Waals surface area contributed by atoms with Crippen LogP contribution in [0.2, 0.25) is 5.02 Å². The zero-order valence-corrected chi connectivity index (χ0v) is 11.6. The lowest BCUT2D eigenvalue weighted by molar-refractivity contribution is 0.891. The molecule has 18 heavy (non-hydrogen) atoms. The van der Waals surface area contributed by atoms with Gasteiger partial charge in [-0.15, -0.1) is 11.3 Å². The maximum Gasteiger partial charge on any atom is 0.135 e. The molecule has 0 amide bonds. The number of nitrogen functional groups attached to an aromatic ring is 1. The minimum absolute atomic E-state index is 0.0937. The van der Waals surface area contributed by atoms with Crippen molar-refractivity contribution < 1.29 is 0 Å². The fourth-order valence-electron chi connectivity index (χ4n) is 1.68. The number of aryl methyl sites for hydroxylation is 1. The molecule has 2 aromatic rings. The maximum absolute atomic E-state index is 7.59. The summed E-state index contributed by atoms with van der Waals surface area (Å²) in [6.07, 6.45) is 1.84. The SMILES string of the molecule is CCCc1nc(-c2ccc(Cl)cc2)sc1C(=N)N. The monoisotopic (exact) mass is 279 g/mol. The molecule has 0 spiro atoms. The fourth-order valence-corrected chi connectivity index (χ4v) is 2.79. The van der Waals surface area contributed by atoms with Gasteiger partial charge in [-0.3, -0.25) is 5.41 Å². The second-order valence-corrected chi connectivity index (χ2v) is 5.40. The highest BCUT2D eigenvalue weighted by atomic mass is 35.5. The molecular weight excluding hydrogens is 266 g/mol. The molecule has 0 saturated heterocycles. The molecule has 0 unspecified atom stereocenters. The zero-order valence-electron chi connectivity index (χ0n) is 10.0. The van der Waals surface area contributed by atoms with Crippen molar-refractivity contribution in [2.75, 3.05) is 0 Å². The Labute approximate surface area is 115 Å². The van der Waals surface area contributed by atoms with Crippen molar-refractivity contribution in [3.63, 3.8) is 0 Å². The van der Waals surface area contributed by atoms with Crippen molar-refractivity contribution in [3.8, 4) is 10.6 Å². The van der Waals surface area contributed by atoms with Crippen LogP contribution in [0.25, 0.3) is 10.6 Å². The highest BCUT2D eigenvalue weighted by Gasteiger charge is 2.13. The summed E-state index contributed by atoms with van der Waals surface area (Å²) in [5.41, 5.74) is 7.52. The van der Waals surface area contributed by atoms with Crippen molar-refractivity contribution in [2.24, 2.45) is 5.73 Å². The summed E-state index contributed by atoms with van der Waals surface area (Å²) in [4.78, 5) is 5.36. The van der Waals surface area contributed by atoms with Crippen molar-refractivity contribution in [2.45, 2.75) is 19.8 Å². The minimum Gasteiger partial charge on any atom is -0.383 e. The Bertz CT molecular complexity index is 560. The maximum atomic E-state index is 7.59. The molecule has 0 bridgehead atoms. The first-order chi connectivity index (χ1) is 8.61. The smallest absolute Gasteiger partial charge is 0.135 e. The van der Waals surface area contributed by atoms with Crippen molar-refractivity contribution in [1.29, 1.82) is 5.41 Å². The van der Waals surface area contributed by atoms with Gasteiger partial charge in [0, 0.05) is 10.6 Å². The highest BCUT2D eigenvalue weighted by Crippen LogP contribution is 2.29. The lowest BCUT2D eigenvalue weighted by Gasteiger charge is -1.96. The van der Waals surface area contributed by atoms with Gasteiger partial charge in [0.15, 0.2) is 0 Å². The van der Waals surface area contributed by atoms with E-state index in [1.165, 1.54) is 11.3 Å². The van der Waals surface area contributed by atoms with E-state index in [1.807, 2.05) is 24.3 Å². The number of aromatic nitrogens is 1. The number of thiazole rings is 1. The Morgan fingerprint density at radius 2 is 2.06 bits per heavy atom. The first kappa shape index (κ1) is 13.1. The van der Waals surface area contributed by atoms with Crippen LogP contribution in [-0.2, 0) is 6.42 Å². The van der Waals surface area contributed by atoms with Crippen LogP contribution in [0.4, 0.5) is 0 Å². The third-order valence-electron chi connectivity index (χ3n) is 2.52. The van der Waals surface area contributed by atoms with E-state index in [2.05, 4.69) is 11.9 Å². The third-order valence-corrected chi connectivity index (χ3v) is 3.95. The molecule has 5 heteroatoms. The molecule has 2 rings (SSSR count). The first-order valence-electron chi connectivity index (χ1n) is 5.72. The predicted octanol–water partition coefficient (Wildman–Crippen LogP) is 3.70. The number of nitrogens with zero attached hydrogens (tertiary/aromatic N) is 1. The van der Waals surface area contributed by atoms with Crippen LogP contribution in [0.5, 0.6) is 0 Å². The Kier molecular flexibility index (Phi) is 3.99. The van der Waals surface area contributed by atoms with Crippen LogP contribution in [-0.4, -0.2) is 10.8 Å². The molecule has 3 N–H and O–H groups in total. The van der Waals surface area contributed by atoms with Gasteiger partial charge in [0.1, 0.15) is 10.8 Å². The van der Waals surface area contributed by atoms with Gasteiger partial charge in [-0.1, -0.05) is 37.1 Å². The number of rotatable bonds is 4. The van der Waals surface area contributed by atoms with Gasteiger partial charge < -0.3 is 5.73 Å². The Morgan fingerprint density at radius 1 is 1.39 bits per heavy atom. The first-order valence-corrected chi connectivity index (χ1v) is 6.91. The molecule has 0 aliphatic rings. The average molecular weight is 280 g/mol. The topological polar surface area (TPSA) is 62.8 Å². The molecular formula is C13H14ClN3S. The lowest BCUT2D eigenvalue weighted by Crippen LogP contribution is -2.11. The summed E-state index contributed by atoms with van der Waals surface area (Å²) in [6.45, 7) is 2.09. The zero-order chi connectivity index (χ0) is 13.1. The van der Waals surface area contributed by atoms with E-state index in [-0.39, 0.29) is 5.84 Å². The predicted molar refractivity (Wildman–Crippen MR) is 77.6 cm³/mol. The van der Waals surface area contributed by atoms with Gasteiger partial charge in [-0.2, -0.15) is 0 Å². The van der Waals surface area contributed by atoms with Crippen LogP contribution in [0.3, 0.4) is 0 Å². The van der Waals surface area contributed by atoms with Crippen molar-refractivity contribution in [3.05, 3.63) is 39.9 Å². The number of halogens is 1. The molecule has 0 saturated carbocycles. The van der Waals surface area contributed by atoms with E-state index in [0.29, 0.717) is 5.02 Å². The number of amidine groups is 1. The van der Waals surface area contributed by atoms with Gasteiger partial charge in [0.05, 0.1) is 10.6 Å². The summed E-state index contributed by atoms with van der Waals surface area (Å²) in [5.74, 6) is 0.0937. The number of nitrogens with two attached hydrogens (primary N) is 1. The fraction of sp³-hybridized carbons (Fsp3) is 0.231. The summed E-state index contributed by atoms with van der Waals surface area (Å²) in [7, 11) is 0. The minimum atomic E-state index is 0.0937. The standard InChI is InChI=1S/C13H14ClN3S/c1-2-3-10-11(12(15)16)18-13(17-10)8-4-6-9(14)7-5-8/h4-7H,2-3H2,1H3,(H3,15,16). The summed E-state index contributed by atoms with van der Waals surface area (Å²) in [6, 6.07) is 7.54. The van der Waals surface area contributed by atoms with E-state index in [0.717, 1.165) is 34.0 Å².